The van der Waals surface area contributed by atoms with E-state index in [0.717, 1.165) is 6.54 Å². The van der Waals surface area contributed by atoms with E-state index >= 15 is 0 Å². The number of amides is 1. The number of aryl methyl sites for hydroxylation is 1. The van der Waals surface area contributed by atoms with Crippen LogP contribution in [0.2, 0.25) is 0 Å². The molecule has 2 rings (SSSR count). The molecule has 1 fully saturated rings. The number of nitrogens with zero attached hydrogens (tertiary/aromatic N) is 2. The zero-order chi connectivity index (χ0) is 14.0. The maximum absolute atomic E-state index is 12.2. The van der Waals surface area contributed by atoms with Crippen molar-refractivity contribution in [3.05, 3.63) is 12.4 Å². The van der Waals surface area contributed by atoms with Gasteiger partial charge < -0.3 is 10.4 Å². The van der Waals surface area contributed by atoms with Crippen molar-refractivity contribution in [2.75, 3.05) is 5.32 Å². The number of aliphatic carboxylic acids is 1. The van der Waals surface area contributed by atoms with Gasteiger partial charge in [-0.25, -0.2) is 0 Å². The maximum Gasteiger partial charge on any atom is 0.307 e. The summed E-state index contributed by atoms with van der Waals surface area (Å²) in [6.07, 6.45) is 4.52. The van der Waals surface area contributed by atoms with Crippen molar-refractivity contribution in [1.29, 1.82) is 0 Å². The summed E-state index contributed by atoms with van der Waals surface area (Å²) in [6, 6.07) is 0. The number of carboxylic acid groups (broad SMARTS) is 1. The summed E-state index contributed by atoms with van der Waals surface area (Å²) in [7, 11) is 0. The van der Waals surface area contributed by atoms with Crippen LogP contribution in [0.4, 0.5) is 5.69 Å². The summed E-state index contributed by atoms with van der Waals surface area (Å²) in [6.45, 7) is 4.67. The predicted octanol–water partition coefficient (Wildman–Crippen LogP) is 1.59. The Hall–Kier alpha value is -1.85. The fourth-order valence-electron chi connectivity index (χ4n) is 2.69. The Bertz CT molecular complexity index is 483. The van der Waals surface area contributed by atoms with Gasteiger partial charge in [0.2, 0.25) is 5.91 Å². The number of carbonyl (C=O) groups excluding carboxylic acids is 1. The van der Waals surface area contributed by atoms with Crippen LogP contribution in [-0.4, -0.2) is 26.8 Å². The summed E-state index contributed by atoms with van der Waals surface area (Å²) < 4.78 is 1.71. The first-order valence-electron chi connectivity index (χ1n) is 6.57. The van der Waals surface area contributed by atoms with Gasteiger partial charge in [-0.1, -0.05) is 6.92 Å². The van der Waals surface area contributed by atoms with Gasteiger partial charge in [-0.3, -0.25) is 14.3 Å². The monoisotopic (exact) mass is 265 g/mol. The number of anilines is 1. The van der Waals surface area contributed by atoms with Crippen molar-refractivity contribution < 1.29 is 14.7 Å². The molecule has 19 heavy (non-hydrogen) atoms. The molecule has 0 radical (unpaired) electrons. The molecule has 0 saturated heterocycles. The van der Waals surface area contributed by atoms with Crippen LogP contribution in [-0.2, 0) is 16.1 Å². The summed E-state index contributed by atoms with van der Waals surface area (Å²) in [5, 5.41) is 16.0. The molecule has 1 saturated carbocycles. The van der Waals surface area contributed by atoms with Crippen LogP contribution < -0.4 is 5.32 Å². The fraction of sp³-hybridized carbons (Fsp3) is 0.615. The van der Waals surface area contributed by atoms with Crippen LogP contribution in [0.1, 0.15) is 26.7 Å². The second kappa shape index (κ2) is 5.42. The molecule has 1 aromatic rings. The largest absolute Gasteiger partial charge is 0.481 e. The van der Waals surface area contributed by atoms with Gasteiger partial charge in [0.25, 0.3) is 0 Å². The van der Waals surface area contributed by atoms with Gasteiger partial charge in [-0.2, -0.15) is 5.10 Å². The first-order chi connectivity index (χ1) is 9.01. The van der Waals surface area contributed by atoms with E-state index in [-0.39, 0.29) is 11.8 Å². The average molecular weight is 265 g/mol. The molecule has 3 unspecified atom stereocenters. The van der Waals surface area contributed by atoms with E-state index in [0.29, 0.717) is 18.5 Å². The summed E-state index contributed by atoms with van der Waals surface area (Å²) in [4.78, 5) is 23.3. The zero-order valence-electron chi connectivity index (χ0n) is 11.2. The highest BCUT2D eigenvalue weighted by molar-refractivity contribution is 5.95. The van der Waals surface area contributed by atoms with E-state index in [1.54, 1.807) is 17.1 Å². The SMILES string of the molecule is CCn1cc(NC(=O)C2CC(C)CC2C(=O)O)cn1. The molecule has 2 N–H and O–H groups in total. The topological polar surface area (TPSA) is 84.2 Å². The van der Waals surface area contributed by atoms with Crippen molar-refractivity contribution in [1.82, 2.24) is 9.78 Å². The summed E-state index contributed by atoms with van der Waals surface area (Å²) in [5.74, 6) is -1.84. The minimum Gasteiger partial charge on any atom is -0.481 e. The van der Waals surface area contributed by atoms with Crippen LogP contribution in [0.3, 0.4) is 0 Å². The predicted molar refractivity (Wildman–Crippen MR) is 69.5 cm³/mol. The number of nitrogens with one attached hydrogen (secondary N) is 1. The highest BCUT2D eigenvalue weighted by Gasteiger charge is 2.41. The zero-order valence-corrected chi connectivity index (χ0v) is 11.2. The second-order valence-corrected chi connectivity index (χ2v) is 5.20. The Morgan fingerprint density at radius 2 is 2.16 bits per heavy atom. The van der Waals surface area contributed by atoms with E-state index in [1.165, 1.54) is 0 Å². The maximum atomic E-state index is 12.2. The Kier molecular flexibility index (Phi) is 3.87. The number of hydrogen-bond donors (Lipinski definition) is 2. The van der Waals surface area contributed by atoms with Crippen molar-refractivity contribution in [2.45, 2.75) is 33.2 Å². The van der Waals surface area contributed by atoms with Gasteiger partial charge in [0.05, 0.1) is 23.7 Å². The van der Waals surface area contributed by atoms with E-state index in [1.807, 2.05) is 13.8 Å². The standard InChI is InChI=1S/C13H19N3O3/c1-3-16-7-9(6-14-16)15-12(17)10-4-8(2)5-11(10)13(18)19/h6-8,10-11H,3-5H2,1-2H3,(H,15,17)(H,18,19). The van der Waals surface area contributed by atoms with Crippen LogP contribution in [0.25, 0.3) is 0 Å². The Morgan fingerprint density at radius 3 is 2.74 bits per heavy atom. The van der Waals surface area contributed by atoms with Gasteiger partial charge in [-0.05, 0) is 25.7 Å². The highest BCUT2D eigenvalue weighted by Crippen LogP contribution is 2.37. The van der Waals surface area contributed by atoms with Crippen LogP contribution >= 0.6 is 0 Å². The normalized spacial score (nSPS) is 26.3. The quantitative estimate of drug-likeness (QED) is 0.865. The van der Waals surface area contributed by atoms with E-state index in [9.17, 15) is 9.59 Å². The lowest BCUT2D eigenvalue weighted by Crippen LogP contribution is -2.29. The smallest absolute Gasteiger partial charge is 0.307 e. The molecule has 6 nitrogen and oxygen atoms in total. The highest BCUT2D eigenvalue weighted by atomic mass is 16.4. The lowest BCUT2D eigenvalue weighted by Gasteiger charge is -2.14. The molecule has 1 aliphatic rings. The molecule has 0 spiro atoms. The van der Waals surface area contributed by atoms with Gasteiger partial charge in [0, 0.05) is 12.7 Å². The lowest BCUT2D eigenvalue weighted by atomic mass is 9.95. The molecule has 0 aromatic carbocycles. The number of rotatable bonds is 4. The summed E-state index contributed by atoms with van der Waals surface area (Å²) >= 11 is 0. The lowest BCUT2D eigenvalue weighted by molar-refractivity contribution is -0.145. The van der Waals surface area contributed by atoms with Crippen molar-refractivity contribution in [3.8, 4) is 0 Å². The van der Waals surface area contributed by atoms with Crippen LogP contribution in [0.5, 0.6) is 0 Å². The second-order valence-electron chi connectivity index (χ2n) is 5.20. The molecule has 0 bridgehead atoms. The van der Waals surface area contributed by atoms with Crippen LogP contribution in [0.15, 0.2) is 12.4 Å². The number of carbonyl (C=O) groups is 2. The molecule has 0 aliphatic heterocycles. The molecular formula is C13H19N3O3. The Morgan fingerprint density at radius 1 is 1.47 bits per heavy atom. The van der Waals surface area contributed by atoms with Gasteiger partial charge >= 0.3 is 5.97 Å². The molecular weight excluding hydrogens is 246 g/mol. The Balaban J connectivity index is 2.04. The van der Waals surface area contributed by atoms with Gasteiger partial charge in [0.15, 0.2) is 0 Å². The summed E-state index contributed by atoms with van der Waals surface area (Å²) in [5.41, 5.74) is 0.621. The molecule has 3 atom stereocenters. The van der Waals surface area contributed by atoms with E-state index in [4.69, 9.17) is 5.11 Å². The fourth-order valence-corrected chi connectivity index (χ4v) is 2.69. The van der Waals surface area contributed by atoms with E-state index < -0.39 is 17.8 Å². The third-order valence-electron chi connectivity index (χ3n) is 3.68. The molecule has 104 valence electrons. The molecule has 1 aliphatic carbocycles. The third-order valence-corrected chi connectivity index (χ3v) is 3.68. The molecule has 1 heterocycles. The minimum absolute atomic E-state index is 0.215. The minimum atomic E-state index is -0.881. The Labute approximate surface area is 111 Å². The molecule has 1 amide bonds. The van der Waals surface area contributed by atoms with Crippen molar-refractivity contribution >= 4 is 17.6 Å². The number of carboxylic acids is 1. The first-order valence-corrected chi connectivity index (χ1v) is 6.57. The number of hydrogen-bond acceptors (Lipinski definition) is 3. The van der Waals surface area contributed by atoms with Crippen molar-refractivity contribution in [2.24, 2.45) is 17.8 Å². The molecule has 6 heteroatoms. The number of aromatic nitrogens is 2. The first kappa shape index (κ1) is 13.6. The van der Waals surface area contributed by atoms with E-state index in [2.05, 4.69) is 10.4 Å². The van der Waals surface area contributed by atoms with Gasteiger partial charge in [0.1, 0.15) is 0 Å². The van der Waals surface area contributed by atoms with Gasteiger partial charge in [-0.15, -0.1) is 0 Å². The van der Waals surface area contributed by atoms with Crippen LogP contribution in [0, 0.1) is 17.8 Å². The molecule has 1 aromatic heterocycles. The third kappa shape index (κ3) is 2.94. The average Bonchev–Trinajstić information content (AvgIpc) is 2.95. The van der Waals surface area contributed by atoms with Crippen molar-refractivity contribution in [3.63, 3.8) is 0 Å².